The molecule has 1 heterocycles. The van der Waals surface area contributed by atoms with Gasteiger partial charge >= 0.3 is 5.97 Å². The maximum atomic E-state index is 11.8. The Kier molecular flexibility index (Phi) is 5.70. The van der Waals surface area contributed by atoms with Gasteiger partial charge in [-0.3, -0.25) is 9.59 Å². The van der Waals surface area contributed by atoms with Crippen LogP contribution in [-0.4, -0.2) is 74.2 Å². The van der Waals surface area contributed by atoms with Crippen molar-refractivity contribution in [2.75, 3.05) is 37.8 Å². The fraction of sp³-hybridized carbons (Fsp3) is 0.800. The van der Waals surface area contributed by atoms with Crippen LogP contribution in [0.2, 0.25) is 0 Å². The van der Waals surface area contributed by atoms with Crippen molar-refractivity contribution in [2.24, 2.45) is 5.73 Å². The number of carbonyl (C=O) groups excluding carboxylic acids is 1. The summed E-state index contributed by atoms with van der Waals surface area (Å²) in [5.74, 6) is -2.01. The second-order valence-electron chi connectivity index (χ2n) is 4.29. The van der Waals surface area contributed by atoms with Crippen LogP contribution in [0.4, 0.5) is 0 Å². The summed E-state index contributed by atoms with van der Waals surface area (Å²) < 4.78 is 28.0. The zero-order valence-corrected chi connectivity index (χ0v) is 11.3. The van der Waals surface area contributed by atoms with E-state index >= 15 is 0 Å². The molecule has 3 N–H and O–H groups in total. The lowest BCUT2D eigenvalue weighted by molar-refractivity contribution is -0.142. The van der Waals surface area contributed by atoms with Crippen molar-refractivity contribution >= 4 is 21.7 Å². The fourth-order valence-electron chi connectivity index (χ4n) is 1.91. The smallest absolute Gasteiger partial charge is 0.305 e. The lowest BCUT2D eigenvalue weighted by atomic mass is 10.2. The van der Waals surface area contributed by atoms with Gasteiger partial charge in [0.2, 0.25) is 5.91 Å². The van der Waals surface area contributed by atoms with Gasteiger partial charge in [0.15, 0.2) is 9.84 Å². The quantitative estimate of drug-likeness (QED) is 0.546. The first-order valence-electron chi connectivity index (χ1n) is 5.85. The molecule has 0 radical (unpaired) electrons. The molecule has 19 heavy (non-hydrogen) atoms. The van der Waals surface area contributed by atoms with Gasteiger partial charge in [-0.2, -0.15) is 0 Å². The Morgan fingerprint density at radius 3 is 2.68 bits per heavy atom. The Hall–Kier alpha value is -1.19. The minimum Gasteiger partial charge on any atom is -0.481 e. The number of aliphatic carboxylic acids is 1. The number of hydrogen-bond donors (Lipinski definition) is 2. The van der Waals surface area contributed by atoms with Crippen molar-refractivity contribution in [2.45, 2.75) is 12.5 Å². The Labute approximate surface area is 111 Å². The average molecular weight is 294 g/mol. The fourth-order valence-corrected chi connectivity index (χ4v) is 3.44. The predicted molar refractivity (Wildman–Crippen MR) is 66.3 cm³/mol. The summed E-state index contributed by atoms with van der Waals surface area (Å²) in [7, 11) is -3.29. The predicted octanol–water partition coefficient (Wildman–Crippen LogP) is -1.94. The maximum Gasteiger partial charge on any atom is 0.305 e. The standard InChI is InChI=1S/C10H18N2O6S/c11-1-3-18-6-9(13)12-2-4-19(16,17)7-8(12)5-10(14)15/h8H,1-7,11H2,(H,14,15). The largest absolute Gasteiger partial charge is 0.481 e. The Bertz CT molecular complexity index is 435. The van der Waals surface area contributed by atoms with Gasteiger partial charge in [-0.05, 0) is 0 Å². The van der Waals surface area contributed by atoms with Crippen LogP contribution in [0.25, 0.3) is 0 Å². The van der Waals surface area contributed by atoms with Crippen LogP contribution in [0, 0.1) is 0 Å². The molecule has 110 valence electrons. The van der Waals surface area contributed by atoms with Crippen molar-refractivity contribution in [1.82, 2.24) is 4.90 Å². The number of rotatable bonds is 6. The van der Waals surface area contributed by atoms with E-state index in [0.717, 1.165) is 0 Å². The normalized spacial score (nSPS) is 22.2. The number of ether oxygens (including phenoxy) is 1. The molecule has 1 rings (SSSR count). The monoisotopic (exact) mass is 294 g/mol. The molecule has 0 saturated carbocycles. The van der Waals surface area contributed by atoms with E-state index in [4.69, 9.17) is 15.6 Å². The number of amides is 1. The van der Waals surface area contributed by atoms with E-state index in [1.54, 1.807) is 0 Å². The number of carbonyl (C=O) groups is 2. The zero-order chi connectivity index (χ0) is 14.5. The first-order valence-corrected chi connectivity index (χ1v) is 7.67. The van der Waals surface area contributed by atoms with Crippen molar-refractivity contribution in [3.8, 4) is 0 Å². The van der Waals surface area contributed by atoms with E-state index < -0.39 is 27.8 Å². The highest BCUT2D eigenvalue weighted by Crippen LogP contribution is 2.15. The number of sulfone groups is 1. The van der Waals surface area contributed by atoms with Crippen LogP contribution < -0.4 is 5.73 Å². The summed E-state index contributed by atoms with van der Waals surface area (Å²) in [6.45, 7) is 0.292. The maximum absolute atomic E-state index is 11.8. The lowest BCUT2D eigenvalue weighted by Crippen LogP contribution is -2.53. The molecular formula is C10H18N2O6S. The van der Waals surface area contributed by atoms with Gasteiger partial charge in [-0.15, -0.1) is 0 Å². The summed E-state index contributed by atoms with van der Waals surface area (Å²) in [6, 6.07) is -0.828. The number of hydrogen-bond acceptors (Lipinski definition) is 6. The minimum atomic E-state index is -3.29. The molecule has 9 heteroatoms. The molecule has 0 bridgehead atoms. The van der Waals surface area contributed by atoms with Gasteiger partial charge in [-0.25, -0.2) is 8.42 Å². The van der Waals surface area contributed by atoms with Crippen molar-refractivity contribution in [3.63, 3.8) is 0 Å². The molecule has 1 amide bonds. The summed E-state index contributed by atoms with van der Waals surface area (Å²) in [5.41, 5.74) is 5.22. The Balaban J connectivity index is 2.67. The van der Waals surface area contributed by atoms with E-state index in [1.807, 2.05) is 0 Å². The molecule has 1 aliphatic rings. The molecule has 1 atom stereocenters. The SMILES string of the molecule is NCCOCC(=O)N1CCS(=O)(=O)CC1CC(=O)O. The molecule has 1 fully saturated rings. The molecule has 0 aliphatic carbocycles. The zero-order valence-electron chi connectivity index (χ0n) is 10.4. The van der Waals surface area contributed by atoms with Gasteiger partial charge in [0.25, 0.3) is 0 Å². The van der Waals surface area contributed by atoms with E-state index in [0.29, 0.717) is 0 Å². The van der Waals surface area contributed by atoms with E-state index in [2.05, 4.69) is 0 Å². The first-order chi connectivity index (χ1) is 8.85. The topological polar surface area (TPSA) is 127 Å². The molecule has 0 spiro atoms. The Morgan fingerprint density at radius 2 is 2.11 bits per heavy atom. The van der Waals surface area contributed by atoms with Crippen molar-refractivity contribution < 1.29 is 27.9 Å². The Morgan fingerprint density at radius 1 is 1.42 bits per heavy atom. The van der Waals surface area contributed by atoms with Crippen LogP contribution in [-0.2, 0) is 24.2 Å². The molecule has 1 saturated heterocycles. The van der Waals surface area contributed by atoms with Gasteiger partial charge in [0.1, 0.15) is 6.61 Å². The highest BCUT2D eigenvalue weighted by molar-refractivity contribution is 7.91. The number of carboxylic acid groups (broad SMARTS) is 1. The van der Waals surface area contributed by atoms with Crippen LogP contribution in [0.15, 0.2) is 0 Å². The second kappa shape index (κ2) is 6.83. The molecule has 0 aromatic rings. The molecule has 0 aromatic carbocycles. The third-order valence-corrected chi connectivity index (χ3v) is 4.45. The van der Waals surface area contributed by atoms with Crippen molar-refractivity contribution in [3.05, 3.63) is 0 Å². The lowest BCUT2D eigenvalue weighted by Gasteiger charge is -2.34. The number of nitrogens with zero attached hydrogens (tertiary/aromatic N) is 1. The summed E-state index contributed by atoms with van der Waals surface area (Å²) >= 11 is 0. The average Bonchev–Trinajstić information content (AvgIpc) is 2.27. The second-order valence-corrected chi connectivity index (χ2v) is 6.52. The van der Waals surface area contributed by atoms with Crippen LogP contribution in [0.3, 0.4) is 0 Å². The van der Waals surface area contributed by atoms with Crippen LogP contribution >= 0.6 is 0 Å². The highest BCUT2D eigenvalue weighted by Gasteiger charge is 2.35. The summed E-state index contributed by atoms with van der Waals surface area (Å²) in [4.78, 5) is 23.8. The molecule has 0 aromatic heterocycles. The third-order valence-electron chi connectivity index (χ3n) is 2.75. The van der Waals surface area contributed by atoms with E-state index in [1.165, 1.54) is 4.90 Å². The van der Waals surface area contributed by atoms with Gasteiger partial charge < -0.3 is 20.5 Å². The molecule has 1 aliphatic heterocycles. The molecule has 8 nitrogen and oxygen atoms in total. The van der Waals surface area contributed by atoms with Gasteiger partial charge in [-0.1, -0.05) is 0 Å². The molecule has 1 unspecified atom stereocenters. The van der Waals surface area contributed by atoms with E-state index in [-0.39, 0.29) is 44.2 Å². The first kappa shape index (κ1) is 15.9. The van der Waals surface area contributed by atoms with E-state index in [9.17, 15) is 18.0 Å². The van der Waals surface area contributed by atoms with Crippen molar-refractivity contribution in [1.29, 1.82) is 0 Å². The minimum absolute atomic E-state index is 0.00506. The van der Waals surface area contributed by atoms with Crippen LogP contribution in [0.1, 0.15) is 6.42 Å². The molecular weight excluding hydrogens is 276 g/mol. The van der Waals surface area contributed by atoms with Gasteiger partial charge in [0, 0.05) is 13.1 Å². The number of carboxylic acids is 1. The third kappa shape index (κ3) is 5.13. The summed E-state index contributed by atoms with van der Waals surface area (Å²) in [5, 5.41) is 8.77. The summed E-state index contributed by atoms with van der Waals surface area (Å²) in [6.07, 6.45) is -0.387. The van der Waals surface area contributed by atoms with Crippen LogP contribution in [0.5, 0.6) is 0 Å². The number of nitrogens with two attached hydrogens (primary N) is 1. The van der Waals surface area contributed by atoms with Gasteiger partial charge in [0.05, 0.1) is 30.6 Å². The highest BCUT2D eigenvalue weighted by atomic mass is 32.2.